The fourth-order valence-corrected chi connectivity index (χ4v) is 4.04. The van der Waals surface area contributed by atoms with Crippen LogP contribution in [0.3, 0.4) is 0 Å². The molecule has 1 aromatic heterocycles. The van der Waals surface area contributed by atoms with Crippen molar-refractivity contribution in [2.45, 2.75) is 12.1 Å². The summed E-state index contributed by atoms with van der Waals surface area (Å²) < 4.78 is 2.94. The topological polar surface area (TPSA) is 72.2 Å². The van der Waals surface area contributed by atoms with E-state index in [1.165, 1.54) is 11.8 Å². The van der Waals surface area contributed by atoms with Gasteiger partial charge in [-0.1, -0.05) is 82.3 Å². The number of hydrazone groups is 1. The van der Waals surface area contributed by atoms with E-state index in [0.717, 1.165) is 26.9 Å². The zero-order valence-electron chi connectivity index (χ0n) is 17.3. The molecule has 0 saturated heterocycles. The van der Waals surface area contributed by atoms with Crippen LogP contribution < -0.4 is 5.43 Å². The van der Waals surface area contributed by atoms with Gasteiger partial charge in [-0.2, -0.15) is 5.10 Å². The highest BCUT2D eigenvalue weighted by Crippen LogP contribution is 2.28. The van der Waals surface area contributed by atoms with Gasteiger partial charge in [-0.25, -0.2) is 5.43 Å². The van der Waals surface area contributed by atoms with E-state index < -0.39 is 0 Å². The third kappa shape index (κ3) is 5.33. The van der Waals surface area contributed by atoms with E-state index in [0.29, 0.717) is 11.0 Å². The lowest BCUT2D eigenvalue weighted by molar-refractivity contribution is -0.118. The van der Waals surface area contributed by atoms with Gasteiger partial charge in [0.15, 0.2) is 11.0 Å². The quantitative estimate of drug-likeness (QED) is 0.211. The van der Waals surface area contributed by atoms with E-state index >= 15 is 0 Å². The first-order chi connectivity index (χ1) is 15.6. The Morgan fingerprint density at radius 3 is 2.50 bits per heavy atom. The molecule has 8 heteroatoms. The van der Waals surface area contributed by atoms with Gasteiger partial charge in [-0.15, -0.1) is 10.2 Å². The van der Waals surface area contributed by atoms with Gasteiger partial charge in [0.2, 0.25) is 0 Å². The van der Waals surface area contributed by atoms with Gasteiger partial charge in [0, 0.05) is 15.7 Å². The molecule has 0 bridgehead atoms. The molecule has 0 aliphatic carbocycles. The lowest BCUT2D eigenvalue weighted by Crippen LogP contribution is -2.20. The first-order valence-electron chi connectivity index (χ1n) is 9.89. The van der Waals surface area contributed by atoms with E-state index in [4.69, 9.17) is 0 Å². The van der Waals surface area contributed by atoms with Crippen LogP contribution in [-0.2, 0) is 4.79 Å². The van der Waals surface area contributed by atoms with Gasteiger partial charge < -0.3 is 0 Å². The minimum Gasteiger partial charge on any atom is -0.272 e. The van der Waals surface area contributed by atoms with E-state index in [1.54, 1.807) is 6.21 Å². The van der Waals surface area contributed by atoms with Crippen LogP contribution in [0.1, 0.15) is 11.1 Å². The summed E-state index contributed by atoms with van der Waals surface area (Å²) >= 11 is 4.78. The Morgan fingerprint density at radius 2 is 1.75 bits per heavy atom. The van der Waals surface area contributed by atoms with Crippen molar-refractivity contribution in [3.05, 3.63) is 94.5 Å². The van der Waals surface area contributed by atoms with Crippen molar-refractivity contribution in [2.24, 2.45) is 5.10 Å². The number of hydrogen-bond donors (Lipinski definition) is 1. The molecule has 0 saturated carbocycles. The molecule has 4 aromatic rings. The standard InChI is InChI=1S/C24H20BrN5OS/c1-17-7-5-6-10-19(17)15-26-27-22(31)16-32-24-29-28-23(18-8-3-2-4-9-18)30(24)21-13-11-20(25)12-14-21/h2-15H,16H2,1H3,(H,27,31). The van der Waals surface area contributed by atoms with Gasteiger partial charge in [0.25, 0.3) is 5.91 Å². The Kier molecular flexibility index (Phi) is 7.14. The molecule has 1 heterocycles. The number of carbonyl (C=O) groups is 1. The summed E-state index contributed by atoms with van der Waals surface area (Å²) in [4.78, 5) is 12.4. The number of nitrogens with zero attached hydrogens (tertiary/aromatic N) is 4. The summed E-state index contributed by atoms with van der Waals surface area (Å²) in [7, 11) is 0. The Labute approximate surface area is 198 Å². The molecule has 0 aliphatic rings. The minimum atomic E-state index is -0.216. The molecule has 0 fully saturated rings. The van der Waals surface area contributed by atoms with Gasteiger partial charge in [0.1, 0.15) is 0 Å². The number of aromatic nitrogens is 3. The Bertz CT molecular complexity index is 1240. The second-order valence-corrected chi connectivity index (χ2v) is 8.78. The summed E-state index contributed by atoms with van der Waals surface area (Å²) in [5.74, 6) is 0.661. The van der Waals surface area contributed by atoms with Gasteiger partial charge in [0.05, 0.1) is 12.0 Å². The second kappa shape index (κ2) is 10.4. The summed E-state index contributed by atoms with van der Waals surface area (Å²) in [6.07, 6.45) is 1.65. The van der Waals surface area contributed by atoms with Crippen LogP contribution in [0.15, 0.2) is 93.6 Å². The van der Waals surface area contributed by atoms with Crippen LogP contribution in [-0.4, -0.2) is 32.6 Å². The van der Waals surface area contributed by atoms with E-state index in [2.05, 4.69) is 36.7 Å². The smallest absolute Gasteiger partial charge is 0.250 e. The van der Waals surface area contributed by atoms with E-state index in [-0.39, 0.29) is 11.7 Å². The molecule has 0 atom stereocenters. The third-order valence-corrected chi connectivity index (χ3v) is 6.12. The van der Waals surface area contributed by atoms with Crippen molar-refractivity contribution >= 4 is 39.8 Å². The van der Waals surface area contributed by atoms with E-state index in [1.807, 2.05) is 90.4 Å². The van der Waals surface area contributed by atoms with Gasteiger partial charge in [-0.3, -0.25) is 9.36 Å². The number of amides is 1. The lowest BCUT2D eigenvalue weighted by Gasteiger charge is -2.10. The summed E-state index contributed by atoms with van der Waals surface area (Å²) in [5.41, 5.74) is 6.50. The van der Waals surface area contributed by atoms with Crippen molar-refractivity contribution in [1.82, 2.24) is 20.2 Å². The second-order valence-electron chi connectivity index (χ2n) is 6.92. The first kappa shape index (κ1) is 22.0. The number of nitrogens with one attached hydrogen (secondary N) is 1. The van der Waals surface area contributed by atoms with Crippen LogP contribution >= 0.6 is 27.7 Å². The van der Waals surface area contributed by atoms with Gasteiger partial charge in [-0.05, 0) is 42.3 Å². The maximum atomic E-state index is 12.4. The van der Waals surface area contributed by atoms with Crippen LogP contribution in [0.25, 0.3) is 17.1 Å². The molecule has 1 amide bonds. The highest BCUT2D eigenvalue weighted by atomic mass is 79.9. The molecule has 3 aromatic carbocycles. The third-order valence-electron chi connectivity index (χ3n) is 4.66. The minimum absolute atomic E-state index is 0.161. The highest BCUT2D eigenvalue weighted by molar-refractivity contribution is 9.10. The Morgan fingerprint density at radius 1 is 1.03 bits per heavy atom. The summed E-state index contributed by atoms with van der Waals surface area (Å²) in [6, 6.07) is 25.6. The molecule has 4 rings (SSSR count). The fourth-order valence-electron chi connectivity index (χ4n) is 3.03. The van der Waals surface area contributed by atoms with Crippen LogP contribution in [0, 0.1) is 6.92 Å². The zero-order valence-corrected chi connectivity index (χ0v) is 19.7. The summed E-state index contributed by atoms with van der Waals surface area (Å²) in [6.45, 7) is 2.00. The first-order valence-corrected chi connectivity index (χ1v) is 11.7. The monoisotopic (exact) mass is 505 g/mol. The SMILES string of the molecule is Cc1ccccc1C=NNC(=O)CSc1nnc(-c2ccccc2)n1-c1ccc(Br)cc1. The molecule has 160 valence electrons. The Hall–Kier alpha value is -3.23. The number of rotatable bonds is 7. The Balaban J connectivity index is 1.51. The molecular weight excluding hydrogens is 486 g/mol. The van der Waals surface area contributed by atoms with Gasteiger partial charge >= 0.3 is 0 Å². The average Bonchev–Trinajstić information content (AvgIpc) is 3.24. The number of benzene rings is 3. The number of hydrogen-bond acceptors (Lipinski definition) is 5. The summed E-state index contributed by atoms with van der Waals surface area (Å²) in [5, 5.41) is 13.4. The number of carbonyl (C=O) groups excluding carboxylic acids is 1. The maximum absolute atomic E-state index is 12.4. The predicted octanol–water partition coefficient (Wildman–Crippen LogP) is 5.25. The molecule has 0 radical (unpaired) electrons. The molecule has 0 unspecified atom stereocenters. The average molecular weight is 506 g/mol. The molecular formula is C24H20BrN5OS. The zero-order chi connectivity index (χ0) is 22.3. The van der Waals surface area contributed by atoms with Crippen molar-refractivity contribution in [3.8, 4) is 17.1 Å². The molecule has 32 heavy (non-hydrogen) atoms. The lowest BCUT2D eigenvalue weighted by atomic mass is 10.1. The van der Waals surface area contributed by atoms with Crippen molar-refractivity contribution in [3.63, 3.8) is 0 Å². The van der Waals surface area contributed by atoms with Crippen LogP contribution in [0.2, 0.25) is 0 Å². The molecule has 0 aliphatic heterocycles. The number of thioether (sulfide) groups is 1. The maximum Gasteiger partial charge on any atom is 0.250 e. The normalized spacial score (nSPS) is 11.1. The number of halogens is 1. The fraction of sp³-hybridized carbons (Fsp3) is 0.0833. The molecule has 1 N–H and O–H groups in total. The predicted molar refractivity (Wildman–Crippen MR) is 132 cm³/mol. The highest BCUT2D eigenvalue weighted by Gasteiger charge is 2.17. The van der Waals surface area contributed by atoms with Crippen molar-refractivity contribution in [1.29, 1.82) is 0 Å². The van der Waals surface area contributed by atoms with Crippen LogP contribution in [0.4, 0.5) is 0 Å². The largest absolute Gasteiger partial charge is 0.272 e. The van der Waals surface area contributed by atoms with E-state index in [9.17, 15) is 4.79 Å². The van der Waals surface area contributed by atoms with Crippen molar-refractivity contribution in [2.75, 3.05) is 5.75 Å². The number of aryl methyl sites for hydroxylation is 1. The molecule has 0 spiro atoms. The van der Waals surface area contributed by atoms with Crippen molar-refractivity contribution < 1.29 is 4.79 Å². The van der Waals surface area contributed by atoms with Crippen LogP contribution in [0.5, 0.6) is 0 Å². The molecule has 6 nitrogen and oxygen atoms in total.